The smallest absolute Gasteiger partial charge is 0.208 e. The van der Waals surface area contributed by atoms with Gasteiger partial charge < -0.3 is 0 Å². The number of benzene rings is 1. The highest BCUT2D eigenvalue weighted by molar-refractivity contribution is 7.89. The minimum Gasteiger partial charge on any atom is -0.208 e. The highest BCUT2D eigenvalue weighted by atomic mass is 32.2. The predicted octanol–water partition coefficient (Wildman–Crippen LogP) is 2.68. The fourth-order valence-corrected chi connectivity index (χ4v) is 3.85. The molecule has 1 saturated carbocycles. The van der Waals surface area contributed by atoms with Crippen LogP contribution in [0, 0.1) is 11.7 Å². The summed E-state index contributed by atoms with van der Waals surface area (Å²) in [5, 5.41) is 0. The summed E-state index contributed by atoms with van der Waals surface area (Å²) in [6, 6.07) is 5.40. The molecule has 2 rings (SSSR count). The summed E-state index contributed by atoms with van der Waals surface area (Å²) in [7, 11) is -3.74. The lowest BCUT2D eigenvalue weighted by Crippen LogP contribution is -2.38. The maximum atomic E-state index is 13.5. The van der Waals surface area contributed by atoms with Crippen LogP contribution in [0.3, 0.4) is 0 Å². The minimum atomic E-state index is -3.74. The van der Waals surface area contributed by atoms with E-state index in [2.05, 4.69) is 11.6 Å². The van der Waals surface area contributed by atoms with Gasteiger partial charge in [0.25, 0.3) is 0 Å². The van der Waals surface area contributed by atoms with E-state index >= 15 is 0 Å². The highest BCUT2D eigenvalue weighted by Gasteiger charge is 2.26. The average Bonchev–Trinajstić information content (AvgIpc) is 2.28. The lowest BCUT2D eigenvalue weighted by atomic mass is 9.88. The lowest BCUT2D eigenvalue weighted by Gasteiger charge is -2.27. The van der Waals surface area contributed by atoms with Crippen molar-refractivity contribution in [1.82, 2.24) is 4.72 Å². The highest BCUT2D eigenvalue weighted by Crippen LogP contribution is 2.25. The fourth-order valence-electron chi connectivity index (χ4n) is 2.49. The summed E-state index contributed by atoms with van der Waals surface area (Å²) >= 11 is 0. The number of hydrogen-bond acceptors (Lipinski definition) is 2. The lowest BCUT2D eigenvalue weighted by molar-refractivity contribution is 0.327. The van der Waals surface area contributed by atoms with Crippen molar-refractivity contribution in [2.45, 2.75) is 43.5 Å². The quantitative estimate of drug-likeness (QED) is 0.918. The Morgan fingerprint density at radius 2 is 2.00 bits per heavy atom. The summed E-state index contributed by atoms with van der Waals surface area (Å²) in [6.07, 6.45) is 3.81. The molecular formula is C13H18FNO2S. The van der Waals surface area contributed by atoms with E-state index < -0.39 is 15.8 Å². The van der Waals surface area contributed by atoms with Gasteiger partial charge in [-0.3, -0.25) is 0 Å². The van der Waals surface area contributed by atoms with Gasteiger partial charge in [-0.25, -0.2) is 17.5 Å². The molecule has 0 heterocycles. The van der Waals surface area contributed by atoms with E-state index in [1.165, 1.54) is 18.2 Å². The Labute approximate surface area is 107 Å². The summed E-state index contributed by atoms with van der Waals surface area (Å²) in [4.78, 5) is -0.261. The van der Waals surface area contributed by atoms with Crippen molar-refractivity contribution >= 4 is 10.0 Å². The molecule has 5 heteroatoms. The van der Waals surface area contributed by atoms with Gasteiger partial charge in [-0.15, -0.1) is 0 Å². The Hall–Kier alpha value is -0.940. The third kappa shape index (κ3) is 3.09. The van der Waals surface area contributed by atoms with Gasteiger partial charge in [0.15, 0.2) is 0 Å². The van der Waals surface area contributed by atoms with E-state index in [0.717, 1.165) is 31.7 Å². The maximum Gasteiger partial charge on any atom is 0.243 e. The Morgan fingerprint density at radius 3 is 2.67 bits per heavy atom. The van der Waals surface area contributed by atoms with E-state index in [1.807, 2.05) is 0 Å². The molecule has 2 atom stereocenters. The van der Waals surface area contributed by atoms with Crippen molar-refractivity contribution in [2.24, 2.45) is 5.92 Å². The largest absolute Gasteiger partial charge is 0.243 e. The molecule has 0 amide bonds. The Morgan fingerprint density at radius 1 is 1.28 bits per heavy atom. The third-order valence-corrected chi connectivity index (χ3v) is 4.94. The van der Waals surface area contributed by atoms with E-state index in [9.17, 15) is 12.8 Å². The van der Waals surface area contributed by atoms with Crippen molar-refractivity contribution in [3.05, 3.63) is 30.1 Å². The molecular weight excluding hydrogens is 253 g/mol. The number of rotatable bonds is 3. The van der Waals surface area contributed by atoms with Crippen molar-refractivity contribution in [2.75, 3.05) is 0 Å². The van der Waals surface area contributed by atoms with Crippen LogP contribution >= 0.6 is 0 Å². The molecule has 1 fully saturated rings. The van der Waals surface area contributed by atoms with Crippen molar-refractivity contribution in [3.8, 4) is 0 Å². The molecule has 18 heavy (non-hydrogen) atoms. The van der Waals surface area contributed by atoms with Crippen molar-refractivity contribution < 1.29 is 12.8 Å². The zero-order valence-electron chi connectivity index (χ0n) is 10.4. The second-order valence-corrected chi connectivity index (χ2v) is 6.70. The zero-order chi connectivity index (χ0) is 13.2. The summed E-state index contributed by atoms with van der Waals surface area (Å²) < 4.78 is 40.3. The molecule has 1 aliphatic rings. The second-order valence-electron chi connectivity index (χ2n) is 5.02. The second kappa shape index (κ2) is 5.36. The first-order valence-electron chi connectivity index (χ1n) is 6.26. The van der Waals surface area contributed by atoms with Crippen LogP contribution in [0.25, 0.3) is 0 Å². The van der Waals surface area contributed by atoms with Crippen molar-refractivity contribution in [1.29, 1.82) is 0 Å². The van der Waals surface area contributed by atoms with Crippen LogP contribution in [-0.4, -0.2) is 14.5 Å². The van der Waals surface area contributed by atoms with Crippen LogP contribution < -0.4 is 4.72 Å². The van der Waals surface area contributed by atoms with Gasteiger partial charge in [0.1, 0.15) is 10.7 Å². The van der Waals surface area contributed by atoms with Crippen molar-refractivity contribution in [3.63, 3.8) is 0 Å². The molecule has 2 unspecified atom stereocenters. The molecule has 0 aromatic heterocycles. The van der Waals surface area contributed by atoms with E-state index in [4.69, 9.17) is 0 Å². The monoisotopic (exact) mass is 271 g/mol. The molecule has 3 nitrogen and oxygen atoms in total. The zero-order valence-corrected chi connectivity index (χ0v) is 11.2. The average molecular weight is 271 g/mol. The van der Waals surface area contributed by atoms with Gasteiger partial charge in [0.05, 0.1) is 0 Å². The molecule has 0 aliphatic heterocycles. The van der Waals surface area contributed by atoms with Gasteiger partial charge in [-0.1, -0.05) is 31.9 Å². The number of halogens is 1. The van der Waals surface area contributed by atoms with E-state index in [1.54, 1.807) is 0 Å². The molecule has 1 aromatic rings. The summed E-state index contributed by atoms with van der Waals surface area (Å²) in [6.45, 7) is 2.11. The van der Waals surface area contributed by atoms with Crippen LogP contribution in [0.1, 0.15) is 32.6 Å². The first-order valence-corrected chi connectivity index (χ1v) is 7.74. The Balaban J connectivity index is 2.15. The fraction of sp³-hybridized carbons (Fsp3) is 0.538. The van der Waals surface area contributed by atoms with Gasteiger partial charge in [0.2, 0.25) is 10.0 Å². The number of hydrogen-bond donors (Lipinski definition) is 1. The SMILES string of the molecule is CC1CCCC(NS(=O)(=O)c2ccccc2F)C1. The molecule has 0 radical (unpaired) electrons. The van der Waals surface area contributed by atoms with E-state index in [-0.39, 0.29) is 10.9 Å². The van der Waals surface area contributed by atoms with Crippen LogP contribution in [0.15, 0.2) is 29.2 Å². The Kier molecular flexibility index (Phi) is 4.02. The van der Waals surface area contributed by atoms with Crippen LogP contribution in [-0.2, 0) is 10.0 Å². The summed E-state index contributed by atoms with van der Waals surface area (Å²) in [5.41, 5.74) is 0. The standard InChI is InChI=1S/C13H18FNO2S/c1-10-5-4-6-11(9-10)15-18(16,17)13-8-3-2-7-12(13)14/h2-3,7-8,10-11,15H,4-6,9H2,1H3. The topological polar surface area (TPSA) is 46.2 Å². The van der Waals surface area contributed by atoms with Gasteiger partial charge >= 0.3 is 0 Å². The first kappa shape index (κ1) is 13.5. The Bertz CT molecular complexity index is 515. The molecule has 0 bridgehead atoms. The van der Waals surface area contributed by atoms with Crippen LogP contribution in [0.5, 0.6) is 0 Å². The van der Waals surface area contributed by atoms with Crippen LogP contribution in [0.2, 0.25) is 0 Å². The molecule has 0 spiro atoms. The maximum absolute atomic E-state index is 13.5. The van der Waals surface area contributed by atoms with Gasteiger partial charge in [0, 0.05) is 6.04 Å². The first-order chi connectivity index (χ1) is 8.49. The van der Waals surface area contributed by atoms with Crippen LogP contribution in [0.4, 0.5) is 4.39 Å². The molecule has 1 aromatic carbocycles. The van der Waals surface area contributed by atoms with Gasteiger partial charge in [-0.2, -0.15) is 0 Å². The number of sulfonamides is 1. The minimum absolute atomic E-state index is 0.0710. The molecule has 1 aliphatic carbocycles. The molecule has 100 valence electrons. The summed E-state index contributed by atoms with van der Waals surface area (Å²) in [5.74, 6) is -0.180. The normalized spacial score (nSPS) is 25.0. The molecule has 1 N–H and O–H groups in total. The van der Waals surface area contributed by atoms with Gasteiger partial charge in [-0.05, 0) is 30.9 Å². The third-order valence-electron chi connectivity index (χ3n) is 3.38. The van der Waals surface area contributed by atoms with E-state index in [0.29, 0.717) is 5.92 Å². The molecule has 0 saturated heterocycles. The number of nitrogens with one attached hydrogen (secondary N) is 1. The predicted molar refractivity (Wildman–Crippen MR) is 68.1 cm³/mol.